The van der Waals surface area contributed by atoms with Crippen molar-refractivity contribution >= 4 is 5.97 Å². The number of carbonyl (C=O) groups excluding carboxylic acids is 1. The Morgan fingerprint density at radius 2 is 2.05 bits per heavy atom. The van der Waals surface area contributed by atoms with Crippen molar-refractivity contribution in [2.75, 3.05) is 6.61 Å². The molecule has 108 valence electrons. The molecule has 1 heterocycles. The first-order valence-corrected chi connectivity index (χ1v) is 6.99. The number of rotatable bonds is 4. The average Bonchev–Trinajstić information content (AvgIpc) is 3.32. The molecule has 21 heavy (non-hydrogen) atoms. The van der Waals surface area contributed by atoms with Crippen LogP contribution in [0.4, 0.5) is 4.39 Å². The van der Waals surface area contributed by atoms with Crippen molar-refractivity contribution in [2.45, 2.75) is 25.7 Å². The topological polar surface area (TPSA) is 52.1 Å². The van der Waals surface area contributed by atoms with Gasteiger partial charge < -0.3 is 4.74 Å². The van der Waals surface area contributed by atoms with E-state index in [2.05, 4.69) is 9.97 Å². The van der Waals surface area contributed by atoms with E-state index in [0.717, 1.165) is 24.1 Å². The minimum absolute atomic E-state index is 0.298. The van der Waals surface area contributed by atoms with Crippen LogP contribution in [0.1, 0.15) is 41.7 Å². The zero-order valence-corrected chi connectivity index (χ0v) is 11.7. The van der Waals surface area contributed by atoms with E-state index < -0.39 is 0 Å². The van der Waals surface area contributed by atoms with Crippen molar-refractivity contribution in [1.29, 1.82) is 0 Å². The van der Waals surface area contributed by atoms with E-state index in [0.29, 0.717) is 23.9 Å². The highest BCUT2D eigenvalue weighted by atomic mass is 19.1. The number of halogens is 1. The lowest BCUT2D eigenvalue weighted by molar-refractivity contribution is 0.0524. The Morgan fingerprint density at radius 3 is 2.67 bits per heavy atom. The Morgan fingerprint density at radius 1 is 1.33 bits per heavy atom. The van der Waals surface area contributed by atoms with Gasteiger partial charge >= 0.3 is 5.97 Å². The number of ether oxygens (including phenoxy) is 1. The smallest absolute Gasteiger partial charge is 0.341 e. The fraction of sp³-hybridized carbons (Fsp3) is 0.312. The normalized spacial score (nSPS) is 14.0. The summed E-state index contributed by atoms with van der Waals surface area (Å²) in [5, 5.41) is 0. The average molecular weight is 286 g/mol. The number of benzene rings is 1. The summed E-state index contributed by atoms with van der Waals surface area (Å²) in [7, 11) is 0. The Labute approximate surface area is 122 Å². The van der Waals surface area contributed by atoms with Crippen LogP contribution in [0, 0.1) is 5.82 Å². The zero-order valence-electron chi connectivity index (χ0n) is 11.7. The number of esters is 1. The molecule has 1 fully saturated rings. The standard InChI is InChI=1S/C16H15FN2O2/c1-2-21-16(20)13-9-18-15(19-14(13)10-3-4-10)11-5-7-12(17)8-6-11/h5-10H,2-4H2,1H3. The van der Waals surface area contributed by atoms with Gasteiger partial charge in [-0.05, 0) is 44.0 Å². The van der Waals surface area contributed by atoms with E-state index >= 15 is 0 Å². The highest BCUT2D eigenvalue weighted by Gasteiger charge is 2.31. The number of aromatic nitrogens is 2. The van der Waals surface area contributed by atoms with Gasteiger partial charge in [-0.1, -0.05) is 0 Å². The molecule has 0 N–H and O–H groups in total. The molecule has 4 nitrogen and oxygen atoms in total. The van der Waals surface area contributed by atoms with Crippen LogP contribution in [-0.2, 0) is 4.74 Å². The van der Waals surface area contributed by atoms with Crippen LogP contribution in [-0.4, -0.2) is 22.5 Å². The zero-order chi connectivity index (χ0) is 14.8. The fourth-order valence-corrected chi connectivity index (χ4v) is 2.17. The highest BCUT2D eigenvalue weighted by molar-refractivity contribution is 5.90. The van der Waals surface area contributed by atoms with Crippen molar-refractivity contribution in [3.63, 3.8) is 0 Å². The van der Waals surface area contributed by atoms with E-state index in [1.54, 1.807) is 19.1 Å². The van der Waals surface area contributed by atoms with E-state index in [-0.39, 0.29) is 11.8 Å². The Kier molecular flexibility index (Phi) is 3.64. The lowest BCUT2D eigenvalue weighted by atomic mass is 10.1. The summed E-state index contributed by atoms with van der Waals surface area (Å²) >= 11 is 0. The van der Waals surface area contributed by atoms with E-state index in [1.807, 2.05) is 0 Å². The molecule has 5 heteroatoms. The Balaban J connectivity index is 1.99. The summed E-state index contributed by atoms with van der Waals surface area (Å²) in [4.78, 5) is 20.7. The van der Waals surface area contributed by atoms with Crippen LogP contribution in [0.5, 0.6) is 0 Å². The van der Waals surface area contributed by atoms with Crippen LogP contribution in [0.2, 0.25) is 0 Å². The number of hydrogen-bond donors (Lipinski definition) is 0. The predicted octanol–water partition coefficient (Wildman–Crippen LogP) is 3.34. The molecule has 0 amide bonds. The summed E-state index contributed by atoms with van der Waals surface area (Å²) in [6, 6.07) is 6.00. The first-order valence-electron chi connectivity index (χ1n) is 6.99. The summed E-state index contributed by atoms with van der Waals surface area (Å²) in [6.07, 6.45) is 3.55. The predicted molar refractivity (Wildman–Crippen MR) is 75.4 cm³/mol. The molecule has 0 saturated heterocycles. The van der Waals surface area contributed by atoms with E-state index in [1.165, 1.54) is 18.3 Å². The molecule has 1 aliphatic rings. The highest BCUT2D eigenvalue weighted by Crippen LogP contribution is 2.41. The van der Waals surface area contributed by atoms with Gasteiger partial charge in [0.15, 0.2) is 5.82 Å². The van der Waals surface area contributed by atoms with Gasteiger partial charge in [-0.3, -0.25) is 0 Å². The van der Waals surface area contributed by atoms with Crippen LogP contribution in [0.3, 0.4) is 0 Å². The molecule has 1 aliphatic carbocycles. The van der Waals surface area contributed by atoms with Crippen molar-refractivity contribution < 1.29 is 13.9 Å². The largest absolute Gasteiger partial charge is 0.462 e. The van der Waals surface area contributed by atoms with E-state index in [4.69, 9.17) is 4.74 Å². The Hall–Kier alpha value is -2.30. The van der Waals surface area contributed by atoms with Crippen LogP contribution >= 0.6 is 0 Å². The third-order valence-electron chi connectivity index (χ3n) is 3.38. The molecule has 1 aromatic carbocycles. The first-order chi connectivity index (χ1) is 10.2. The second-order valence-electron chi connectivity index (χ2n) is 4.99. The summed E-state index contributed by atoms with van der Waals surface area (Å²) in [5.74, 6) is 0.117. The second kappa shape index (κ2) is 5.60. The molecular weight excluding hydrogens is 271 g/mol. The maximum absolute atomic E-state index is 13.0. The molecule has 1 saturated carbocycles. The van der Waals surface area contributed by atoms with Gasteiger partial charge in [0.25, 0.3) is 0 Å². The first kappa shape index (κ1) is 13.7. The van der Waals surface area contributed by atoms with Crippen LogP contribution in [0.15, 0.2) is 30.5 Å². The lowest BCUT2D eigenvalue weighted by Crippen LogP contribution is -2.11. The van der Waals surface area contributed by atoms with Crippen molar-refractivity contribution in [2.24, 2.45) is 0 Å². The fourth-order valence-electron chi connectivity index (χ4n) is 2.17. The maximum Gasteiger partial charge on any atom is 0.341 e. The molecule has 0 spiro atoms. The van der Waals surface area contributed by atoms with Crippen molar-refractivity contribution in [1.82, 2.24) is 9.97 Å². The number of nitrogens with zero attached hydrogens (tertiary/aromatic N) is 2. The molecular formula is C16H15FN2O2. The minimum atomic E-state index is -0.384. The monoisotopic (exact) mass is 286 g/mol. The molecule has 0 radical (unpaired) electrons. The SMILES string of the molecule is CCOC(=O)c1cnc(-c2ccc(F)cc2)nc1C1CC1. The van der Waals surface area contributed by atoms with Gasteiger partial charge in [0.05, 0.1) is 17.9 Å². The molecule has 0 aliphatic heterocycles. The quantitative estimate of drug-likeness (QED) is 0.809. The molecule has 2 aromatic rings. The van der Waals surface area contributed by atoms with Gasteiger partial charge in [0.1, 0.15) is 5.82 Å². The molecule has 0 unspecified atom stereocenters. The minimum Gasteiger partial charge on any atom is -0.462 e. The summed E-state index contributed by atoms with van der Waals surface area (Å²) in [6.45, 7) is 2.09. The van der Waals surface area contributed by atoms with Gasteiger partial charge in [-0.15, -0.1) is 0 Å². The third kappa shape index (κ3) is 2.91. The third-order valence-corrected chi connectivity index (χ3v) is 3.38. The Bertz CT molecular complexity index is 666. The molecule has 0 atom stereocenters. The summed E-state index contributed by atoms with van der Waals surface area (Å²) in [5.41, 5.74) is 1.90. The second-order valence-corrected chi connectivity index (χ2v) is 4.99. The lowest BCUT2D eigenvalue weighted by Gasteiger charge is -2.09. The molecule has 1 aromatic heterocycles. The number of carbonyl (C=O) groups is 1. The van der Waals surface area contributed by atoms with Crippen LogP contribution < -0.4 is 0 Å². The van der Waals surface area contributed by atoms with Gasteiger partial charge in [-0.25, -0.2) is 19.2 Å². The van der Waals surface area contributed by atoms with Crippen LogP contribution in [0.25, 0.3) is 11.4 Å². The number of hydrogen-bond acceptors (Lipinski definition) is 4. The van der Waals surface area contributed by atoms with Gasteiger partial charge in [0.2, 0.25) is 0 Å². The van der Waals surface area contributed by atoms with Gasteiger partial charge in [-0.2, -0.15) is 0 Å². The van der Waals surface area contributed by atoms with Gasteiger partial charge in [0, 0.05) is 17.7 Å². The molecule has 0 bridgehead atoms. The molecule has 3 rings (SSSR count). The van der Waals surface area contributed by atoms with Crippen molar-refractivity contribution in [3.8, 4) is 11.4 Å². The maximum atomic E-state index is 13.0. The van der Waals surface area contributed by atoms with E-state index in [9.17, 15) is 9.18 Å². The summed E-state index contributed by atoms with van der Waals surface area (Å²) < 4.78 is 18.0. The van der Waals surface area contributed by atoms with Crippen molar-refractivity contribution in [3.05, 3.63) is 47.5 Å².